The van der Waals surface area contributed by atoms with Crippen LogP contribution in [0.2, 0.25) is 0 Å². The fourth-order valence-electron chi connectivity index (χ4n) is 4.15. The molecule has 2 fully saturated rings. The largest absolute Gasteiger partial charge is 0.481 e. The second kappa shape index (κ2) is 10.8. The van der Waals surface area contributed by atoms with E-state index in [1.165, 1.54) is 12.8 Å². The number of hydrogen-bond donors (Lipinski definition) is 2. The molecule has 2 rings (SSSR count). The van der Waals surface area contributed by atoms with Crippen molar-refractivity contribution in [2.75, 3.05) is 6.61 Å². The summed E-state index contributed by atoms with van der Waals surface area (Å²) in [5.41, 5.74) is 0. The van der Waals surface area contributed by atoms with Crippen molar-refractivity contribution in [3.8, 4) is 0 Å². The highest BCUT2D eigenvalue weighted by atomic mass is 16.5. The van der Waals surface area contributed by atoms with Crippen molar-refractivity contribution in [1.29, 1.82) is 0 Å². The molecule has 1 saturated heterocycles. The molecule has 1 saturated carbocycles. The fourth-order valence-corrected chi connectivity index (χ4v) is 4.15. The Hall–Kier alpha value is -1.13. The number of fused-ring (bicyclic) bond motifs is 2. The van der Waals surface area contributed by atoms with Crippen molar-refractivity contribution in [3.63, 3.8) is 0 Å². The van der Waals surface area contributed by atoms with Crippen molar-refractivity contribution < 1.29 is 19.7 Å². The van der Waals surface area contributed by atoms with Crippen molar-refractivity contribution in [2.24, 2.45) is 17.8 Å². The number of carbonyl (C=O) groups is 1. The minimum absolute atomic E-state index is 0.244. The second-order valence-electron chi connectivity index (χ2n) is 7.55. The molecule has 2 N–H and O–H groups in total. The van der Waals surface area contributed by atoms with Crippen molar-refractivity contribution >= 4 is 5.97 Å². The molecular formula is C21H34O4. The fraction of sp³-hybridized carbons (Fsp3) is 0.762. The summed E-state index contributed by atoms with van der Waals surface area (Å²) >= 11 is 0. The number of aliphatic hydroxyl groups excluding tert-OH is 1. The molecule has 0 amide bonds. The molecule has 1 aliphatic heterocycles. The van der Waals surface area contributed by atoms with Crippen LogP contribution in [0.1, 0.15) is 64.7 Å². The van der Waals surface area contributed by atoms with Crippen LogP contribution in [0.4, 0.5) is 0 Å². The van der Waals surface area contributed by atoms with Gasteiger partial charge in [-0.05, 0) is 43.9 Å². The first-order chi connectivity index (χ1) is 12.1. The average molecular weight is 350 g/mol. The highest BCUT2D eigenvalue weighted by Gasteiger charge is 2.46. The van der Waals surface area contributed by atoms with Crippen molar-refractivity contribution in [2.45, 2.75) is 76.9 Å². The Bertz CT molecular complexity index is 457. The summed E-state index contributed by atoms with van der Waals surface area (Å²) in [6, 6.07) is 0. The number of aliphatic hydroxyl groups is 1. The number of ether oxygens (including phenoxy) is 1. The summed E-state index contributed by atoms with van der Waals surface area (Å²) in [5.74, 6) is 0.902. The molecule has 4 nitrogen and oxygen atoms in total. The molecule has 142 valence electrons. The molecule has 5 atom stereocenters. The van der Waals surface area contributed by atoms with Gasteiger partial charge < -0.3 is 14.9 Å². The second-order valence-corrected chi connectivity index (χ2v) is 7.55. The molecule has 1 heterocycles. The summed E-state index contributed by atoms with van der Waals surface area (Å²) in [4.78, 5) is 10.5. The van der Waals surface area contributed by atoms with Crippen molar-refractivity contribution in [1.82, 2.24) is 0 Å². The summed E-state index contributed by atoms with van der Waals surface area (Å²) in [7, 11) is 0. The Morgan fingerprint density at radius 1 is 1.28 bits per heavy atom. The Labute approximate surface area is 152 Å². The number of carboxylic acid groups (broad SMARTS) is 1. The van der Waals surface area contributed by atoms with Crippen LogP contribution >= 0.6 is 0 Å². The molecule has 0 radical (unpaired) electrons. The van der Waals surface area contributed by atoms with Crippen LogP contribution in [0.15, 0.2) is 24.3 Å². The molecule has 0 aromatic carbocycles. The third-order valence-electron chi connectivity index (χ3n) is 5.58. The summed E-state index contributed by atoms with van der Waals surface area (Å²) in [5, 5.41) is 18.8. The lowest BCUT2D eigenvalue weighted by atomic mass is 9.84. The monoisotopic (exact) mass is 350 g/mol. The first-order valence-electron chi connectivity index (χ1n) is 9.96. The van der Waals surface area contributed by atoms with E-state index < -0.39 is 5.97 Å². The number of aliphatic carboxylic acids is 1. The topological polar surface area (TPSA) is 66.8 Å². The molecule has 1 aliphatic carbocycles. The van der Waals surface area contributed by atoms with E-state index in [1.54, 1.807) is 0 Å². The van der Waals surface area contributed by atoms with E-state index in [0.29, 0.717) is 30.3 Å². The van der Waals surface area contributed by atoms with Gasteiger partial charge in [-0.3, -0.25) is 4.79 Å². The van der Waals surface area contributed by atoms with E-state index in [2.05, 4.69) is 25.2 Å². The van der Waals surface area contributed by atoms with Gasteiger partial charge in [-0.15, -0.1) is 0 Å². The van der Waals surface area contributed by atoms with Gasteiger partial charge in [0.2, 0.25) is 0 Å². The van der Waals surface area contributed by atoms with Gasteiger partial charge in [0.25, 0.3) is 0 Å². The van der Waals surface area contributed by atoms with Gasteiger partial charge in [-0.1, -0.05) is 50.5 Å². The Kier molecular flexibility index (Phi) is 8.70. The van der Waals surface area contributed by atoms with Gasteiger partial charge in [0.05, 0.1) is 18.8 Å². The highest BCUT2D eigenvalue weighted by molar-refractivity contribution is 5.66. The quantitative estimate of drug-likeness (QED) is 0.406. The van der Waals surface area contributed by atoms with Gasteiger partial charge in [-0.25, -0.2) is 0 Å². The zero-order valence-corrected chi connectivity index (χ0v) is 15.5. The molecule has 0 spiro atoms. The maximum absolute atomic E-state index is 10.5. The smallest absolute Gasteiger partial charge is 0.303 e. The van der Waals surface area contributed by atoms with Crippen LogP contribution in [0.5, 0.6) is 0 Å². The standard InChI is InChI=1S/C21H34O4/c1-2-3-6-9-17(22)12-13-19-18(16-14-20(19)25-15-16)10-7-4-5-8-11-21(23)24/h4,7,12-13,16-20,22H,2-3,5-6,8-11,14-15H2,1H3,(H,23,24)/b7-4?,13-12+/t16?,17-,18-,19+,20?/m0/s1. The van der Waals surface area contributed by atoms with E-state index >= 15 is 0 Å². The Balaban J connectivity index is 1.78. The van der Waals surface area contributed by atoms with Gasteiger partial charge in [0.1, 0.15) is 0 Å². The van der Waals surface area contributed by atoms with Crippen LogP contribution in [0.3, 0.4) is 0 Å². The van der Waals surface area contributed by atoms with Gasteiger partial charge in [0.15, 0.2) is 0 Å². The molecule has 0 aromatic rings. The molecule has 2 bridgehead atoms. The van der Waals surface area contributed by atoms with E-state index in [0.717, 1.165) is 38.7 Å². The first-order valence-corrected chi connectivity index (χ1v) is 9.96. The van der Waals surface area contributed by atoms with Crippen LogP contribution in [-0.2, 0) is 9.53 Å². The van der Waals surface area contributed by atoms with Gasteiger partial charge >= 0.3 is 5.97 Å². The summed E-state index contributed by atoms with van der Waals surface area (Å²) < 4.78 is 5.87. The van der Waals surface area contributed by atoms with E-state index in [4.69, 9.17) is 9.84 Å². The molecule has 2 aliphatic rings. The summed E-state index contributed by atoms with van der Waals surface area (Å²) in [6.45, 7) is 3.04. The van der Waals surface area contributed by atoms with Crippen LogP contribution in [0.25, 0.3) is 0 Å². The Morgan fingerprint density at radius 2 is 2.12 bits per heavy atom. The SMILES string of the molecule is CCCCC[C@H](O)/C=C/[C@H]1C2CC(CO2)[C@@H]1CC=CCCCC(=O)O. The van der Waals surface area contributed by atoms with Crippen LogP contribution < -0.4 is 0 Å². The minimum atomic E-state index is -0.721. The van der Waals surface area contributed by atoms with E-state index in [9.17, 15) is 9.90 Å². The third kappa shape index (κ3) is 6.59. The Morgan fingerprint density at radius 3 is 2.88 bits per heavy atom. The lowest BCUT2D eigenvalue weighted by Crippen LogP contribution is -2.27. The lowest BCUT2D eigenvalue weighted by Gasteiger charge is -2.28. The van der Waals surface area contributed by atoms with E-state index in [-0.39, 0.29) is 12.5 Å². The average Bonchev–Trinajstić information content (AvgIpc) is 3.17. The molecule has 4 heteroatoms. The molecular weight excluding hydrogens is 316 g/mol. The first kappa shape index (κ1) is 20.2. The number of unbranched alkanes of at least 4 members (excludes halogenated alkanes) is 3. The van der Waals surface area contributed by atoms with Crippen molar-refractivity contribution in [3.05, 3.63) is 24.3 Å². The number of rotatable bonds is 12. The zero-order chi connectivity index (χ0) is 18.1. The number of hydrogen-bond acceptors (Lipinski definition) is 3. The number of allylic oxidation sites excluding steroid dienone is 2. The van der Waals surface area contributed by atoms with Crippen LogP contribution in [0, 0.1) is 17.8 Å². The summed E-state index contributed by atoms with van der Waals surface area (Å²) in [6.07, 6.45) is 16.7. The minimum Gasteiger partial charge on any atom is -0.481 e. The predicted molar refractivity (Wildman–Crippen MR) is 99.4 cm³/mol. The normalized spacial score (nSPS) is 29.8. The highest BCUT2D eigenvalue weighted by Crippen LogP contribution is 2.47. The third-order valence-corrected chi connectivity index (χ3v) is 5.58. The maximum Gasteiger partial charge on any atom is 0.303 e. The zero-order valence-electron chi connectivity index (χ0n) is 15.5. The van der Waals surface area contributed by atoms with Crippen LogP contribution in [-0.4, -0.2) is 35.0 Å². The number of carboxylic acids is 1. The maximum atomic E-state index is 10.5. The van der Waals surface area contributed by atoms with Gasteiger partial charge in [0, 0.05) is 12.3 Å². The predicted octanol–water partition coefficient (Wildman–Crippen LogP) is 4.34. The molecule has 2 unspecified atom stereocenters. The molecule has 0 aromatic heterocycles. The van der Waals surface area contributed by atoms with Gasteiger partial charge in [-0.2, -0.15) is 0 Å². The lowest BCUT2D eigenvalue weighted by molar-refractivity contribution is -0.137. The van der Waals surface area contributed by atoms with E-state index in [1.807, 2.05) is 6.08 Å². The molecule has 25 heavy (non-hydrogen) atoms.